The zero-order valence-electron chi connectivity index (χ0n) is 11.7. The van der Waals surface area contributed by atoms with Crippen LogP contribution in [-0.4, -0.2) is 26.4 Å². The molecule has 1 aromatic heterocycles. The molecule has 1 unspecified atom stereocenters. The highest BCUT2D eigenvalue weighted by Gasteiger charge is 2.26. The zero-order valence-corrected chi connectivity index (χ0v) is 11.7. The van der Waals surface area contributed by atoms with Gasteiger partial charge in [0.25, 0.3) is 0 Å². The first-order chi connectivity index (χ1) is 9.99. The number of likely N-dealkylation sites (N-methyl/N-ethyl adjacent to an activating group) is 1. The van der Waals surface area contributed by atoms with Gasteiger partial charge in [0.15, 0.2) is 0 Å². The van der Waals surface area contributed by atoms with Crippen molar-refractivity contribution in [1.82, 2.24) is 5.32 Å². The van der Waals surface area contributed by atoms with E-state index in [1.165, 1.54) is 0 Å². The van der Waals surface area contributed by atoms with E-state index in [4.69, 9.17) is 9.15 Å². The molecule has 2 aromatic rings. The number of hydrogen-bond acceptors (Lipinski definition) is 3. The van der Waals surface area contributed by atoms with E-state index in [-0.39, 0.29) is 25.7 Å². The molecule has 1 heterocycles. The van der Waals surface area contributed by atoms with Crippen LogP contribution >= 0.6 is 0 Å². The number of benzene rings is 1. The Kier molecular flexibility index (Phi) is 5.25. The van der Waals surface area contributed by atoms with Crippen molar-refractivity contribution in [1.29, 1.82) is 0 Å². The van der Waals surface area contributed by atoms with Crippen LogP contribution in [-0.2, 0) is 4.74 Å². The van der Waals surface area contributed by atoms with Gasteiger partial charge in [-0.1, -0.05) is 18.2 Å². The lowest BCUT2D eigenvalue weighted by atomic mass is 10.2. The molecule has 6 heteroatoms. The number of para-hydroxylation sites is 1. The van der Waals surface area contributed by atoms with E-state index in [0.717, 1.165) is 16.7 Å². The topological polar surface area (TPSA) is 34.4 Å². The summed E-state index contributed by atoms with van der Waals surface area (Å²) in [7, 11) is 1.76. The third-order valence-corrected chi connectivity index (χ3v) is 3.17. The first kappa shape index (κ1) is 15.9. The predicted octanol–water partition coefficient (Wildman–Crippen LogP) is 4.05. The highest BCUT2D eigenvalue weighted by molar-refractivity contribution is 5.77. The molecule has 0 aliphatic carbocycles. The van der Waals surface area contributed by atoms with Crippen LogP contribution in [0.25, 0.3) is 11.0 Å². The van der Waals surface area contributed by atoms with E-state index in [1.54, 1.807) is 7.05 Å². The van der Waals surface area contributed by atoms with Crippen LogP contribution in [0.5, 0.6) is 0 Å². The van der Waals surface area contributed by atoms with Crippen LogP contribution in [0, 0.1) is 0 Å². The molecule has 0 saturated heterocycles. The monoisotopic (exact) mass is 301 g/mol. The SMILES string of the molecule is CNC(COCCCC(F)(F)F)c1cc2ccccc2o1. The number of ether oxygens (including phenoxy) is 1. The number of nitrogens with one attached hydrogen (secondary N) is 1. The van der Waals surface area contributed by atoms with Crippen molar-refractivity contribution in [3.05, 3.63) is 36.1 Å². The minimum atomic E-state index is -4.12. The second-order valence-corrected chi connectivity index (χ2v) is 4.82. The second-order valence-electron chi connectivity index (χ2n) is 4.82. The fourth-order valence-corrected chi connectivity index (χ4v) is 2.06. The van der Waals surface area contributed by atoms with Crippen molar-refractivity contribution in [3.63, 3.8) is 0 Å². The maximum Gasteiger partial charge on any atom is 0.389 e. The second kappa shape index (κ2) is 6.95. The Labute approximate surface area is 121 Å². The Morgan fingerprint density at radius 1 is 1.29 bits per heavy atom. The number of halogens is 3. The summed E-state index contributed by atoms with van der Waals surface area (Å²) in [5, 5.41) is 4.04. The summed E-state index contributed by atoms with van der Waals surface area (Å²) in [5.41, 5.74) is 0.782. The molecule has 0 aliphatic rings. The van der Waals surface area contributed by atoms with E-state index in [2.05, 4.69) is 5.32 Å². The fourth-order valence-electron chi connectivity index (χ4n) is 2.06. The lowest BCUT2D eigenvalue weighted by molar-refractivity contribution is -0.138. The Bertz CT molecular complexity index is 532. The van der Waals surface area contributed by atoms with Gasteiger partial charge in [-0.2, -0.15) is 13.2 Å². The lowest BCUT2D eigenvalue weighted by Crippen LogP contribution is -2.21. The van der Waals surface area contributed by atoms with E-state index < -0.39 is 12.6 Å². The van der Waals surface area contributed by atoms with Crippen LogP contribution in [0.1, 0.15) is 24.6 Å². The van der Waals surface area contributed by atoms with Gasteiger partial charge in [0, 0.05) is 18.4 Å². The maximum atomic E-state index is 12.0. The van der Waals surface area contributed by atoms with E-state index in [0.29, 0.717) is 0 Å². The van der Waals surface area contributed by atoms with E-state index >= 15 is 0 Å². The molecule has 0 radical (unpaired) electrons. The molecule has 0 aliphatic heterocycles. The molecular formula is C15H18F3NO2. The Morgan fingerprint density at radius 3 is 2.71 bits per heavy atom. The Morgan fingerprint density at radius 2 is 2.05 bits per heavy atom. The first-order valence-electron chi connectivity index (χ1n) is 6.80. The molecule has 1 N–H and O–H groups in total. The van der Waals surface area contributed by atoms with Crippen molar-refractivity contribution >= 4 is 11.0 Å². The standard InChI is InChI=1S/C15H18F3NO2/c1-19-12(10-20-8-4-7-15(16,17)18)14-9-11-5-2-3-6-13(11)21-14/h2-3,5-6,9,12,19H,4,7-8,10H2,1H3. The maximum absolute atomic E-state index is 12.0. The molecule has 1 atom stereocenters. The zero-order chi connectivity index (χ0) is 15.3. The normalized spacial score (nSPS) is 13.7. The largest absolute Gasteiger partial charge is 0.459 e. The van der Waals surface area contributed by atoms with Gasteiger partial charge in [0.2, 0.25) is 0 Å². The molecule has 0 bridgehead atoms. The summed E-state index contributed by atoms with van der Waals surface area (Å²) in [4.78, 5) is 0. The fraction of sp³-hybridized carbons (Fsp3) is 0.467. The Hall–Kier alpha value is -1.53. The highest BCUT2D eigenvalue weighted by atomic mass is 19.4. The van der Waals surface area contributed by atoms with Gasteiger partial charge in [0.1, 0.15) is 11.3 Å². The summed E-state index contributed by atoms with van der Waals surface area (Å²) in [6.45, 7) is 0.353. The van der Waals surface area contributed by atoms with Crippen LogP contribution < -0.4 is 5.32 Å². The average Bonchev–Trinajstić information content (AvgIpc) is 2.85. The lowest BCUT2D eigenvalue weighted by Gasteiger charge is -2.14. The van der Waals surface area contributed by atoms with Gasteiger partial charge in [-0.3, -0.25) is 0 Å². The van der Waals surface area contributed by atoms with E-state index in [1.807, 2.05) is 30.3 Å². The molecule has 1 aromatic carbocycles. The number of fused-ring (bicyclic) bond motifs is 1. The minimum absolute atomic E-state index is 0.0277. The summed E-state index contributed by atoms with van der Waals surface area (Å²) >= 11 is 0. The van der Waals surface area contributed by atoms with Gasteiger partial charge >= 0.3 is 6.18 Å². The summed E-state index contributed by atoms with van der Waals surface area (Å²) in [5.74, 6) is 0.717. The van der Waals surface area contributed by atoms with Crippen LogP contribution in [0.2, 0.25) is 0 Å². The number of hydrogen-bond donors (Lipinski definition) is 1. The van der Waals surface area contributed by atoms with Crippen LogP contribution in [0.4, 0.5) is 13.2 Å². The van der Waals surface area contributed by atoms with Gasteiger partial charge < -0.3 is 14.5 Å². The quantitative estimate of drug-likeness (QED) is 0.783. The van der Waals surface area contributed by atoms with Crippen LogP contribution in [0.3, 0.4) is 0 Å². The summed E-state index contributed by atoms with van der Waals surface area (Å²) in [6.07, 6.45) is -4.97. The predicted molar refractivity (Wildman–Crippen MR) is 74.1 cm³/mol. The van der Waals surface area contributed by atoms with Gasteiger partial charge in [-0.25, -0.2) is 0 Å². The average molecular weight is 301 g/mol. The van der Waals surface area contributed by atoms with Crippen molar-refractivity contribution in [2.24, 2.45) is 0 Å². The van der Waals surface area contributed by atoms with Crippen molar-refractivity contribution in [3.8, 4) is 0 Å². The number of alkyl halides is 3. The smallest absolute Gasteiger partial charge is 0.389 e. The molecule has 3 nitrogen and oxygen atoms in total. The molecule has 0 amide bonds. The van der Waals surface area contributed by atoms with Crippen molar-refractivity contribution < 1.29 is 22.3 Å². The van der Waals surface area contributed by atoms with Gasteiger partial charge in [-0.05, 0) is 25.6 Å². The number of rotatable bonds is 7. The third-order valence-electron chi connectivity index (χ3n) is 3.17. The van der Waals surface area contributed by atoms with Gasteiger partial charge in [-0.15, -0.1) is 0 Å². The summed E-state index contributed by atoms with van der Waals surface area (Å²) < 4.78 is 47.0. The molecule has 116 valence electrons. The molecule has 0 spiro atoms. The molecule has 0 fully saturated rings. The van der Waals surface area contributed by atoms with Crippen LogP contribution in [0.15, 0.2) is 34.7 Å². The molecule has 0 saturated carbocycles. The minimum Gasteiger partial charge on any atom is -0.459 e. The summed E-state index contributed by atoms with van der Waals surface area (Å²) in [6, 6.07) is 9.36. The van der Waals surface area contributed by atoms with E-state index in [9.17, 15) is 13.2 Å². The van der Waals surface area contributed by atoms with Crippen molar-refractivity contribution in [2.45, 2.75) is 25.1 Å². The van der Waals surface area contributed by atoms with Gasteiger partial charge in [0.05, 0.1) is 12.6 Å². The first-order valence-corrected chi connectivity index (χ1v) is 6.80. The Balaban J connectivity index is 1.85. The third kappa shape index (κ3) is 4.75. The molecule has 21 heavy (non-hydrogen) atoms. The molecule has 2 rings (SSSR count). The highest BCUT2D eigenvalue weighted by Crippen LogP contribution is 2.24. The van der Waals surface area contributed by atoms with Crippen molar-refractivity contribution in [2.75, 3.05) is 20.3 Å². The number of furan rings is 1. The molecular weight excluding hydrogens is 283 g/mol.